The first kappa shape index (κ1) is 10.1. The zero-order chi connectivity index (χ0) is 11.0. The van der Waals surface area contributed by atoms with Crippen LogP contribution >= 0.6 is 15.9 Å². The maximum atomic E-state index is 9.01. The first-order chi connectivity index (χ1) is 7.15. The van der Waals surface area contributed by atoms with E-state index < -0.39 is 0 Å². The van der Waals surface area contributed by atoms with Crippen molar-refractivity contribution in [3.8, 4) is 6.07 Å². The zero-order valence-electron chi connectivity index (χ0n) is 8.50. The molecule has 0 unspecified atom stereocenters. The summed E-state index contributed by atoms with van der Waals surface area (Å²) in [4.78, 5) is 4.06. The first-order valence-electron chi connectivity index (χ1n) is 4.58. The van der Waals surface area contributed by atoms with Crippen LogP contribution in [-0.4, -0.2) is 4.98 Å². The first-order valence-corrected chi connectivity index (χ1v) is 5.38. The number of rotatable bonds is 0. The molecule has 74 valence electrons. The molecule has 0 atom stereocenters. The molecule has 0 spiro atoms. The van der Waals surface area contributed by atoms with Gasteiger partial charge in [-0.25, -0.2) is 0 Å². The second kappa shape index (κ2) is 3.63. The average molecular weight is 261 g/mol. The largest absolute Gasteiger partial charge is 0.263 e. The van der Waals surface area contributed by atoms with E-state index in [0.29, 0.717) is 5.56 Å². The van der Waals surface area contributed by atoms with E-state index in [9.17, 15) is 0 Å². The fraction of sp³-hybridized carbons (Fsp3) is 0.167. The molecule has 0 saturated heterocycles. The topological polar surface area (TPSA) is 36.7 Å². The van der Waals surface area contributed by atoms with Crippen LogP contribution in [0, 0.1) is 25.2 Å². The van der Waals surface area contributed by atoms with Crippen LogP contribution in [0.1, 0.15) is 16.7 Å². The van der Waals surface area contributed by atoms with E-state index in [1.54, 1.807) is 12.4 Å². The third kappa shape index (κ3) is 1.51. The average Bonchev–Trinajstić information content (AvgIpc) is 2.25. The molecule has 1 aromatic heterocycles. The van der Waals surface area contributed by atoms with Crippen molar-refractivity contribution in [2.24, 2.45) is 0 Å². The molecule has 0 saturated carbocycles. The molecule has 2 aromatic rings. The molecule has 0 bridgehead atoms. The highest BCUT2D eigenvalue weighted by Gasteiger charge is 2.09. The van der Waals surface area contributed by atoms with E-state index in [1.165, 1.54) is 0 Å². The lowest BCUT2D eigenvalue weighted by Gasteiger charge is -2.08. The molecule has 0 N–H and O–H groups in total. The zero-order valence-corrected chi connectivity index (χ0v) is 10.1. The smallest absolute Gasteiger partial charge is 0.101 e. The van der Waals surface area contributed by atoms with Gasteiger partial charge in [-0.05, 0) is 31.0 Å². The summed E-state index contributed by atoms with van der Waals surface area (Å²) in [5.41, 5.74) is 2.89. The number of nitriles is 1. The summed E-state index contributed by atoms with van der Waals surface area (Å²) < 4.78 is 1.07. The quantitative estimate of drug-likeness (QED) is 0.727. The van der Waals surface area contributed by atoms with Crippen molar-refractivity contribution >= 4 is 26.7 Å². The van der Waals surface area contributed by atoms with Crippen molar-refractivity contribution in [1.82, 2.24) is 4.98 Å². The number of halogens is 1. The van der Waals surface area contributed by atoms with Gasteiger partial charge in [0.25, 0.3) is 0 Å². The predicted molar refractivity (Wildman–Crippen MR) is 63.6 cm³/mol. The van der Waals surface area contributed by atoms with Gasteiger partial charge in [0, 0.05) is 27.6 Å². The van der Waals surface area contributed by atoms with E-state index in [4.69, 9.17) is 5.26 Å². The summed E-state index contributed by atoms with van der Waals surface area (Å²) in [5.74, 6) is 0. The molecule has 3 heteroatoms. The molecule has 0 aliphatic carbocycles. The summed E-state index contributed by atoms with van der Waals surface area (Å²) in [6, 6.07) is 4.22. The lowest BCUT2D eigenvalue weighted by Crippen LogP contribution is -1.90. The monoisotopic (exact) mass is 260 g/mol. The van der Waals surface area contributed by atoms with E-state index >= 15 is 0 Å². The number of hydrogen-bond donors (Lipinski definition) is 0. The van der Waals surface area contributed by atoms with Crippen LogP contribution in [0.5, 0.6) is 0 Å². The fourth-order valence-corrected chi connectivity index (χ4v) is 2.10. The minimum absolute atomic E-state index is 0.630. The Balaban J connectivity index is 3.01. The van der Waals surface area contributed by atoms with Crippen molar-refractivity contribution in [2.45, 2.75) is 13.8 Å². The lowest BCUT2D eigenvalue weighted by molar-refractivity contribution is 1.31. The van der Waals surface area contributed by atoms with Gasteiger partial charge in [0.1, 0.15) is 6.07 Å². The van der Waals surface area contributed by atoms with Crippen LogP contribution in [0.2, 0.25) is 0 Å². The van der Waals surface area contributed by atoms with Gasteiger partial charge in [-0.2, -0.15) is 5.26 Å². The third-order valence-electron chi connectivity index (χ3n) is 2.52. The molecule has 0 aliphatic rings. The highest BCUT2D eigenvalue weighted by molar-refractivity contribution is 9.10. The lowest BCUT2D eigenvalue weighted by atomic mass is 10.0. The summed E-state index contributed by atoms with van der Waals surface area (Å²) >= 11 is 3.53. The number of benzene rings is 1. The highest BCUT2D eigenvalue weighted by atomic mass is 79.9. The van der Waals surface area contributed by atoms with Crippen molar-refractivity contribution in [3.05, 3.63) is 39.6 Å². The van der Waals surface area contributed by atoms with Gasteiger partial charge in [-0.1, -0.05) is 15.9 Å². The Labute approximate surface area is 96.7 Å². The molecule has 15 heavy (non-hydrogen) atoms. The Morgan fingerprint density at radius 2 is 2.07 bits per heavy atom. The predicted octanol–water partition coefficient (Wildman–Crippen LogP) is 3.49. The number of fused-ring (bicyclic) bond motifs is 1. The Hall–Kier alpha value is -1.40. The number of aryl methyl sites for hydroxylation is 2. The third-order valence-corrected chi connectivity index (χ3v) is 3.74. The Bertz CT molecular complexity index is 582. The van der Waals surface area contributed by atoms with Gasteiger partial charge in [0.05, 0.1) is 5.56 Å². The summed E-state index contributed by atoms with van der Waals surface area (Å²) in [7, 11) is 0. The van der Waals surface area contributed by atoms with Gasteiger partial charge in [0.15, 0.2) is 0 Å². The molecule has 0 amide bonds. The van der Waals surface area contributed by atoms with Gasteiger partial charge in [-0.15, -0.1) is 0 Å². The second-order valence-corrected chi connectivity index (χ2v) is 4.32. The molecule has 0 aliphatic heterocycles. The molecule has 0 radical (unpaired) electrons. The molecule has 1 heterocycles. The highest BCUT2D eigenvalue weighted by Crippen LogP contribution is 2.30. The van der Waals surface area contributed by atoms with Crippen molar-refractivity contribution in [1.29, 1.82) is 5.26 Å². The Morgan fingerprint density at radius 3 is 2.73 bits per heavy atom. The maximum Gasteiger partial charge on any atom is 0.101 e. The Kier molecular flexibility index (Phi) is 2.45. The van der Waals surface area contributed by atoms with Gasteiger partial charge in [0.2, 0.25) is 0 Å². The fourth-order valence-electron chi connectivity index (χ4n) is 1.79. The number of hydrogen-bond acceptors (Lipinski definition) is 2. The van der Waals surface area contributed by atoms with E-state index in [-0.39, 0.29) is 0 Å². The van der Waals surface area contributed by atoms with Crippen LogP contribution in [0.4, 0.5) is 0 Å². The minimum Gasteiger partial charge on any atom is -0.263 e. The van der Waals surface area contributed by atoms with Crippen LogP contribution in [0.25, 0.3) is 10.8 Å². The summed E-state index contributed by atoms with van der Waals surface area (Å²) in [5, 5.41) is 11.0. The van der Waals surface area contributed by atoms with E-state index in [2.05, 4.69) is 27.0 Å². The maximum absolute atomic E-state index is 9.01. The van der Waals surface area contributed by atoms with Crippen LogP contribution in [-0.2, 0) is 0 Å². The number of aromatic nitrogens is 1. The number of pyridine rings is 1. The summed E-state index contributed by atoms with van der Waals surface area (Å²) in [6.45, 7) is 4.05. The van der Waals surface area contributed by atoms with Crippen LogP contribution < -0.4 is 0 Å². The molecule has 1 aromatic carbocycles. The van der Waals surface area contributed by atoms with Gasteiger partial charge >= 0.3 is 0 Å². The molecular weight excluding hydrogens is 252 g/mol. The summed E-state index contributed by atoms with van der Waals surface area (Å²) in [6.07, 6.45) is 3.40. The minimum atomic E-state index is 0.630. The van der Waals surface area contributed by atoms with E-state index in [0.717, 1.165) is 26.4 Å². The van der Waals surface area contributed by atoms with Gasteiger partial charge < -0.3 is 0 Å². The van der Waals surface area contributed by atoms with Crippen LogP contribution in [0.3, 0.4) is 0 Å². The van der Waals surface area contributed by atoms with E-state index in [1.807, 2.05) is 19.9 Å². The Morgan fingerprint density at radius 1 is 1.33 bits per heavy atom. The van der Waals surface area contributed by atoms with Crippen molar-refractivity contribution in [3.63, 3.8) is 0 Å². The number of nitrogens with zero attached hydrogens (tertiary/aromatic N) is 2. The van der Waals surface area contributed by atoms with Crippen molar-refractivity contribution < 1.29 is 0 Å². The SMILES string of the molecule is Cc1cc2cncc(C#N)c2c(C)c1Br. The van der Waals surface area contributed by atoms with Gasteiger partial charge in [-0.3, -0.25) is 4.98 Å². The standard InChI is InChI=1S/C12H9BrN2/c1-7-3-9-5-15-6-10(4-14)11(9)8(2)12(7)13/h3,5-6H,1-2H3. The molecule has 2 rings (SSSR count). The second-order valence-electron chi connectivity index (χ2n) is 3.53. The normalized spacial score (nSPS) is 10.3. The van der Waals surface area contributed by atoms with Crippen LogP contribution in [0.15, 0.2) is 22.9 Å². The van der Waals surface area contributed by atoms with Crippen molar-refractivity contribution in [2.75, 3.05) is 0 Å². The molecule has 0 fully saturated rings. The molecular formula is C12H9BrN2. The molecule has 2 nitrogen and oxygen atoms in total.